The molecule has 1 aliphatic carbocycles. The van der Waals surface area contributed by atoms with Crippen molar-refractivity contribution in [1.29, 1.82) is 0 Å². The molecule has 0 heterocycles. The third-order valence-electron chi connectivity index (χ3n) is 4.07. The highest BCUT2D eigenvalue weighted by atomic mass is 19.3. The van der Waals surface area contributed by atoms with Crippen LogP contribution in [-0.2, 0) is 0 Å². The van der Waals surface area contributed by atoms with Crippen LogP contribution in [0.2, 0.25) is 0 Å². The van der Waals surface area contributed by atoms with Crippen LogP contribution in [0.1, 0.15) is 42.9 Å². The van der Waals surface area contributed by atoms with Crippen LogP contribution in [0, 0.1) is 5.92 Å². The van der Waals surface area contributed by atoms with Crippen molar-refractivity contribution in [3.05, 3.63) is 35.4 Å². The molecule has 0 aliphatic heterocycles. The molecular weight excluding hydrogens is 246 g/mol. The minimum atomic E-state index is -2.42. The van der Waals surface area contributed by atoms with E-state index < -0.39 is 6.43 Å². The number of hydrogen-bond donors (Lipinski definition) is 1. The van der Waals surface area contributed by atoms with Crippen molar-refractivity contribution < 1.29 is 8.78 Å². The summed E-state index contributed by atoms with van der Waals surface area (Å²) in [5, 5.41) is 0. The van der Waals surface area contributed by atoms with Gasteiger partial charge in [0.1, 0.15) is 0 Å². The molecule has 19 heavy (non-hydrogen) atoms. The van der Waals surface area contributed by atoms with E-state index in [2.05, 4.69) is 4.90 Å². The van der Waals surface area contributed by atoms with Crippen molar-refractivity contribution in [2.24, 2.45) is 11.7 Å². The number of benzene rings is 1. The van der Waals surface area contributed by atoms with Gasteiger partial charge in [0.2, 0.25) is 0 Å². The zero-order valence-electron chi connectivity index (χ0n) is 11.4. The molecule has 0 amide bonds. The van der Waals surface area contributed by atoms with Gasteiger partial charge in [0.15, 0.2) is 0 Å². The smallest absolute Gasteiger partial charge is 0.263 e. The summed E-state index contributed by atoms with van der Waals surface area (Å²) < 4.78 is 25.5. The summed E-state index contributed by atoms with van der Waals surface area (Å²) in [4.78, 5) is 2.20. The third-order valence-corrected chi connectivity index (χ3v) is 4.07. The van der Waals surface area contributed by atoms with E-state index in [1.54, 1.807) is 12.1 Å². The molecule has 2 N–H and O–H groups in total. The fourth-order valence-electron chi connectivity index (χ4n) is 2.68. The Morgan fingerprint density at radius 1 is 1.32 bits per heavy atom. The topological polar surface area (TPSA) is 29.3 Å². The Hall–Kier alpha value is -1.00. The number of hydrogen-bond acceptors (Lipinski definition) is 2. The second kappa shape index (κ2) is 6.44. The highest BCUT2D eigenvalue weighted by Gasteiger charge is 2.23. The van der Waals surface area contributed by atoms with E-state index in [1.807, 2.05) is 13.1 Å². The molecule has 1 saturated carbocycles. The van der Waals surface area contributed by atoms with Gasteiger partial charge in [-0.05, 0) is 37.4 Å². The summed E-state index contributed by atoms with van der Waals surface area (Å²) in [5.74, 6) is 0.748. The molecule has 0 bridgehead atoms. The minimum absolute atomic E-state index is 0.0271. The first-order valence-corrected chi connectivity index (χ1v) is 6.90. The summed E-state index contributed by atoms with van der Waals surface area (Å²) in [6, 6.07) is 6.66. The Morgan fingerprint density at radius 2 is 2.00 bits per heavy atom. The lowest BCUT2D eigenvalue weighted by molar-refractivity contribution is 0.149. The SMILES string of the molecule is CN(CC1CCC1)C(CN)c1cccc(C(F)F)c1. The van der Waals surface area contributed by atoms with Crippen LogP contribution >= 0.6 is 0 Å². The van der Waals surface area contributed by atoms with Crippen LogP contribution in [0.4, 0.5) is 8.78 Å². The standard InChI is InChI=1S/C15H22F2N2/c1-19(10-11-4-2-5-11)14(9-18)12-6-3-7-13(8-12)15(16)17/h3,6-8,11,14-15H,2,4-5,9-10,18H2,1H3. The molecule has 1 aliphatic rings. The monoisotopic (exact) mass is 268 g/mol. The zero-order chi connectivity index (χ0) is 13.8. The molecule has 1 aromatic rings. The number of nitrogens with two attached hydrogens (primary N) is 1. The Labute approximate surface area is 113 Å². The van der Waals surface area contributed by atoms with Gasteiger partial charge in [-0.2, -0.15) is 0 Å². The van der Waals surface area contributed by atoms with Gasteiger partial charge < -0.3 is 5.73 Å². The Bertz CT molecular complexity index is 405. The van der Waals surface area contributed by atoms with E-state index >= 15 is 0 Å². The molecule has 4 heteroatoms. The lowest BCUT2D eigenvalue weighted by Crippen LogP contribution is -2.36. The maximum Gasteiger partial charge on any atom is 0.263 e. The van der Waals surface area contributed by atoms with Crippen molar-refractivity contribution in [3.63, 3.8) is 0 Å². The van der Waals surface area contributed by atoms with Crippen LogP contribution in [0.15, 0.2) is 24.3 Å². The van der Waals surface area contributed by atoms with Gasteiger partial charge in [-0.25, -0.2) is 8.78 Å². The third kappa shape index (κ3) is 3.51. The first kappa shape index (κ1) is 14.4. The van der Waals surface area contributed by atoms with E-state index in [0.717, 1.165) is 18.0 Å². The van der Waals surface area contributed by atoms with E-state index in [4.69, 9.17) is 5.73 Å². The number of halogens is 2. The van der Waals surface area contributed by atoms with Crippen LogP contribution < -0.4 is 5.73 Å². The second-order valence-corrected chi connectivity index (χ2v) is 5.46. The first-order chi connectivity index (χ1) is 9.11. The summed E-state index contributed by atoms with van der Waals surface area (Å²) >= 11 is 0. The molecule has 1 aromatic carbocycles. The average molecular weight is 268 g/mol. The van der Waals surface area contributed by atoms with Gasteiger partial charge in [-0.15, -0.1) is 0 Å². The summed E-state index contributed by atoms with van der Waals surface area (Å²) in [5.41, 5.74) is 6.81. The highest BCUT2D eigenvalue weighted by molar-refractivity contribution is 5.27. The molecule has 1 atom stereocenters. The molecule has 2 nitrogen and oxygen atoms in total. The number of alkyl halides is 2. The van der Waals surface area contributed by atoms with Crippen molar-refractivity contribution >= 4 is 0 Å². The molecule has 106 valence electrons. The Kier molecular flexibility index (Phi) is 4.88. The molecule has 0 radical (unpaired) electrons. The lowest BCUT2D eigenvalue weighted by Gasteiger charge is -2.34. The van der Waals surface area contributed by atoms with Crippen molar-refractivity contribution in [3.8, 4) is 0 Å². The van der Waals surface area contributed by atoms with Gasteiger partial charge in [0, 0.05) is 24.7 Å². The molecule has 1 fully saturated rings. The average Bonchev–Trinajstić information content (AvgIpc) is 2.35. The largest absolute Gasteiger partial charge is 0.329 e. The molecular formula is C15H22F2N2. The predicted octanol–water partition coefficient (Wildman–Crippen LogP) is 3.36. The molecule has 2 rings (SSSR count). The Morgan fingerprint density at radius 3 is 2.53 bits per heavy atom. The van der Waals surface area contributed by atoms with Crippen molar-refractivity contribution in [2.45, 2.75) is 31.7 Å². The molecule has 1 unspecified atom stereocenters. The minimum Gasteiger partial charge on any atom is -0.329 e. The van der Waals surface area contributed by atoms with E-state index in [1.165, 1.54) is 25.3 Å². The van der Waals surface area contributed by atoms with Crippen molar-refractivity contribution in [1.82, 2.24) is 4.90 Å². The van der Waals surface area contributed by atoms with E-state index in [0.29, 0.717) is 6.54 Å². The summed E-state index contributed by atoms with van der Waals surface area (Å²) in [7, 11) is 2.03. The van der Waals surface area contributed by atoms with Crippen LogP contribution in [-0.4, -0.2) is 25.0 Å². The van der Waals surface area contributed by atoms with Gasteiger partial charge in [-0.3, -0.25) is 4.90 Å². The number of rotatable bonds is 6. The van der Waals surface area contributed by atoms with Crippen LogP contribution in [0.5, 0.6) is 0 Å². The number of nitrogens with zero attached hydrogens (tertiary/aromatic N) is 1. The van der Waals surface area contributed by atoms with E-state index in [-0.39, 0.29) is 11.6 Å². The lowest BCUT2D eigenvalue weighted by atomic mass is 9.84. The normalized spacial score (nSPS) is 17.8. The fourth-order valence-corrected chi connectivity index (χ4v) is 2.68. The van der Waals surface area contributed by atoms with Crippen LogP contribution in [0.3, 0.4) is 0 Å². The van der Waals surface area contributed by atoms with Gasteiger partial charge >= 0.3 is 0 Å². The summed E-state index contributed by atoms with van der Waals surface area (Å²) in [6.45, 7) is 1.46. The van der Waals surface area contributed by atoms with Crippen LogP contribution in [0.25, 0.3) is 0 Å². The zero-order valence-corrected chi connectivity index (χ0v) is 11.4. The number of likely N-dealkylation sites (N-methyl/N-ethyl adjacent to an activating group) is 1. The molecule has 0 saturated heterocycles. The molecule has 0 spiro atoms. The maximum atomic E-state index is 12.7. The fraction of sp³-hybridized carbons (Fsp3) is 0.600. The Balaban J connectivity index is 2.08. The van der Waals surface area contributed by atoms with Gasteiger partial charge in [-0.1, -0.05) is 24.6 Å². The predicted molar refractivity (Wildman–Crippen MR) is 73.2 cm³/mol. The quantitative estimate of drug-likeness (QED) is 0.857. The van der Waals surface area contributed by atoms with Gasteiger partial charge in [0.05, 0.1) is 0 Å². The second-order valence-electron chi connectivity index (χ2n) is 5.46. The highest BCUT2D eigenvalue weighted by Crippen LogP contribution is 2.30. The molecule has 0 aromatic heterocycles. The summed E-state index contributed by atoms with van der Waals surface area (Å²) in [6.07, 6.45) is 1.44. The first-order valence-electron chi connectivity index (χ1n) is 6.90. The van der Waals surface area contributed by atoms with E-state index in [9.17, 15) is 8.78 Å². The van der Waals surface area contributed by atoms with Gasteiger partial charge in [0.25, 0.3) is 6.43 Å². The van der Waals surface area contributed by atoms with Crippen molar-refractivity contribution in [2.75, 3.05) is 20.1 Å². The maximum absolute atomic E-state index is 12.7.